The number of amides is 2. The van der Waals surface area contributed by atoms with Crippen molar-refractivity contribution in [3.63, 3.8) is 0 Å². The first kappa shape index (κ1) is 14.4. The number of ether oxygens (including phenoxy) is 1. The Hall–Kier alpha value is -2.04. The van der Waals surface area contributed by atoms with E-state index in [0.717, 1.165) is 18.4 Å². The third-order valence-corrected chi connectivity index (χ3v) is 3.51. The van der Waals surface area contributed by atoms with E-state index in [4.69, 9.17) is 4.74 Å². The van der Waals surface area contributed by atoms with Crippen LogP contribution in [0, 0.1) is 6.92 Å². The minimum absolute atomic E-state index is 0.102. The molecular formula is C15H20N2O3. The molecule has 1 aromatic carbocycles. The standard InChI is InChI=1S/C15H20N2O3/c1-10-6-7-11(9-13(10)20-2)14(18)17-12-5-3-4-8-16-15(12)19/h6-7,9,12H,3-5,8H2,1-2H3,(H,16,19)(H,17,18)/t12-/m1/s1. The summed E-state index contributed by atoms with van der Waals surface area (Å²) in [4.78, 5) is 24.0. The van der Waals surface area contributed by atoms with Crippen molar-refractivity contribution in [2.45, 2.75) is 32.2 Å². The van der Waals surface area contributed by atoms with E-state index in [-0.39, 0.29) is 11.8 Å². The van der Waals surface area contributed by atoms with Gasteiger partial charge in [-0.05, 0) is 43.9 Å². The number of hydrogen-bond donors (Lipinski definition) is 2. The minimum Gasteiger partial charge on any atom is -0.496 e. The first-order valence-electron chi connectivity index (χ1n) is 6.85. The largest absolute Gasteiger partial charge is 0.496 e. The minimum atomic E-state index is -0.447. The molecule has 1 saturated heterocycles. The molecule has 108 valence electrons. The molecule has 0 saturated carbocycles. The number of carbonyl (C=O) groups is 2. The van der Waals surface area contributed by atoms with Crippen LogP contribution in [0.5, 0.6) is 5.75 Å². The van der Waals surface area contributed by atoms with Gasteiger partial charge in [0.15, 0.2) is 0 Å². The smallest absolute Gasteiger partial charge is 0.252 e. The fraction of sp³-hybridized carbons (Fsp3) is 0.467. The molecular weight excluding hydrogens is 256 g/mol. The first-order valence-corrected chi connectivity index (χ1v) is 6.85. The van der Waals surface area contributed by atoms with Gasteiger partial charge in [0.2, 0.25) is 5.91 Å². The summed E-state index contributed by atoms with van der Waals surface area (Å²) < 4.78 is 5.21. The van der Waals surface area contributed by atoms with E-state index in [1.807, 2.05) is 13.0 Å². The van der Waals surface area contributed by atoms with Crippen LogP contribution in [0.4, 0.5) is 0 Å². The van der Waals surface area contributed by atoms with E-state index >= 15 is 0 Å². The van der Waals surface area contributed by atoms with Gasteiger partial charge in [-0.15, -0.1) is 0 Å². The fourth-order valence-electron chi connectivity index (χ4n) is 2.28. The zero-order chi connectivity index (χ0) is 14.5. The molecule has 1 heterocycles. The van der Waals surface area contributed by atoms with E-state index < -0.39 is 6.04 Å². The van der Waals surface area contributed by atoms with Gasteiger partial charge in [0.25, 0.3) is 5.91 Å². The molecule has 20 heavy (non-hydrogen) atoms. The van der Waals surface area contributed by atoms with Crippen molar-refractivity contribution in [3.8, 4) is 5.75 Å². The van der Waals surface area contributed by atoms with Crippen molar-refractivity contribution in [1.29, 1.82) is 0 Å². The molecule has 2 rings (SSSR count). The summed E-state index contributed by atoms with van der Waals surface area (Å²) in [6, 6.07) is 4.82. The van der Waals surface area contributed by atoms with Crippen LogP contribution in [-0.2, 0) is 4.79 Å². The molecule has 1 aliphatic heterocycles. The number of benzene rings is 1. The quantitative estimate of drug-likeness (QED) is 0.877. The normalized spacial score (nSPS) is 18.9. The van der Waals surface area contributed by atoms with Crippen LogP contribution in [0.3, 0.4) is 0 Å². The number of methoxy groups -OCH3 is 1. The molecule has 5 heteroatoms. The van der Waals surface area contributed by atoms with Crippen LogP contribution < -0.4 is 15.4 Å². The number of rotatable bonds is 3. The van der Waals surface area contributed by atoms with Crippen molar-refractivity contribution in [2.75, 3.05) is 13.7 Å². The predicted octanol–water partition coefficient (Wildman–Crippen LogP) is 1.40. The molecule has 1 atom stereocenters. The monoisotopic (exact) mass is 276 g/mol. The number of carbonyl (C=O) groups excluding carboxylic acids is 2. The summed E-state index contributed by atoms with van der Waals surface area (Å²) in [5.41, 5.74) is 1.47. The zero-order valence-corrected chi connectivity index (χ0v) is 11.9. The lowest BCUT2D eigenvalue weighted by Crippen LogP contribution is -2.45. The van der Waals surface area contributed by atoms with E-state index in [9.17, 15) is 9.59 Å². The van der Waals surface area contributed by atoms with Gasteiger partial charge in [-0.1, -0.05) is 6.07 Å². The van der Waals surface area contributed by atoms with Crippen LogP contribution in [-0.4, -0.2) is 31.5 Å². The molecule has 1 aromatic rings. The molecule has 5 nitrogen and oxygen atoms in total. The van der Waals surface area contributed by atoms with Crippen molar-refractivity contribution in [2.24, 2.45) is 0 Å². The van der Waals surface area contributed by atoms with Gasteiger partial charge < -0.3 is 15.4 Å². The second-order valence-corrected chi connectivity index (χ2v) is 5.00. The number of nitrogens with one attached hydrogen (secondary N) is 2. The summed E-state index contributed by atoms with van der Waals surface area (Å²) in [7, 11) is 1.57. The summed E-state index contributed by atoms with van der Waals surface area (Å²) in [5, 5.41) is 5.59. The number of aryl methyl sites for hydroxylation is 1. The van der Waals surface area contributed by atoms with Gasteiger partial charge in [0, 0.05) is 12.1 Å². The molecule has 0 radical (unpaired) electrons. The second kappa shape index (κ2) is 6.41. The molecule has 0 aromatic heterocycles. The van der Waals surface area contributed by atoms with Gasteiger partial charge in [0.1, 0.15) is 11.8 Å². The van der Waals surface area contributed by atoms with Gasteiger partial charge in [-0.2, -0.15) is 0 Å². The molecule has 0 spiro atoms. The Morgan fingerprint density at radius 1 is 1.40 bits per heavy atom. The first-order chi connectivity index (χ1) is 9.61. The Morgan fingerprint density at radius 3 is 2.95 bits per heavy atom. The highest BCUT2D eigenvalue weighted by atomic mass is 16.5. The average Bonchev–Trinajstić information content (AvgIpc) is 2.64. The highest BCUT2D eigenvalue weighted by molar-refractivity contribution is 5.98. The lowest BCUT2D eigenvalue weighted by molar-refractivity contribution is -0.122. The lowest BCUT2D eigenvalue weighted by Gasteiger charge is -2.15. The zero-order valence-electron chi connectivity index (χ0n) is 11.9. The van der Waals surface area contributed by atoms with Crippen molar-refractivity contribution < 1.29 is 14.3 Å². The topological polar surface area (TPSA) is 67.4 Å². The lowest BCUT2D eigenvalue weighted by atomic mass is 10.1. The summed E-state index contributed by atoms with van der Waals surface area (Å²) in [5.74, 6) is 0.322. The summed E-state index contributed by atoms with van der Waals surface area (Å²) in [6.45, 7) is 2.60. The highest BCUT2D eigenvalue weighted by Crippen LogP contribution is 2.19. The van der Waals surface area contributed by atoms with Crippen molar-refractivity contribution >= 4 is 11.8 Å². The molecule has 1 fully saturated rings. The van der Waals surface area contributed by atoms with E-state index in [0.29, 0.717) is 24.3 Å². The fourth-order valence-corrected chi connectivity index (χ4v) is 2.28. The maximum absolute atomic E-state index is 12.2. The third kappa shape index (κ3) is 3.29. The number of hydrogen-bond acceptors (Lipinski definition) is 3. The predicted molar refractivity (Wildman–Crippen MR) is 75.8 cm³/mol. The molecule has 2 N–H and O–H groups in total. The van der Waals surface area contributed by atoms with Crippen LogP contribution in [0.25, 0.3) is 0 Å². The molecule has 0 bridgehead atoms. The summed E-state index contributed by atoms with van der Waals surface area (Å²) in [6.07, 6.45) is 2.57. The molecule has 1 aliphatic rings. The SMILES string of the molecule is COc1cc(C(=O)N[C@@H]2CCCCNC2=O)ccc1C. The molecule has 0 unspecified atom stereocenters. The average molecular weight is 276 g/mol. The van der Waals surface area contributed by atoms with Crippen LogP contribution in [0.1, 0.15) is 35.2 Å². The maximum Gasteiger partial charge on any atom is 0.252 e. The Morgan fingerprint density at radius 2 is 2.20 bits per heavy atom. The third-order valence-electron chi connectivity index (χ3n) is 3.51. The van der Waals surface area contributed by atoms with Crippen LogP contribution in [0.15, 0.2) is 18.2 Å². The Bertz CT molecular complexity index is 514. The van der Waals surface area contributed by atoms with Crippen LogP contribution in [0.2, 0.25) is 0 Å². The van der Waals surface area contributed by atoms with Gasteiger partial charge in [-0.3, -0.25) is 9.59 Å². The Labute approximate surface area is 118 Å². The van der Waals surface area contributed by atoms with E-state index in [1.165, 1.54) is 0 Å². The van der Waals surface area contributed by atoms with Gasteiger partial charge in [0.05, 0.1) is 7.11 Å². The van der Waals surface area contributed by atoms with E-state index in [2.05, 4.69) is 10.6 Å². The summed E-state index contributed by atoms with van der Waals surface area (Å²) >= 11 is 0. The maximum atomic E-state index is 12.2. The van der Waals surface area contributed by atoms with Crippen LogP contribution >= 0.6 is 0 Å². The van der Waals surface area contributed by atoms with E-state index in [1.54, 1.807) is 19.2 Å². The Kier molecular flexibility index (Phi) is 4.61. The van der Waals surface area contributed by atoms with Gasteiger partial charge in [-0.25, -0.2) is 0 Å². The van der Waals surface area contributed by atoms with Crippen molar-refractivity contribution in [3.05, 3.63) is 29.3 Å². The molecule has 0 aliphatic carbocycles. The Balaban J connectivity index is 2.09. The highest BCUT2D eigenvalue weighted by Gasteiger charge is 2.23. The molecule has 2 amide bonds. The van der Waals surface area contributed by atoms with Gasteiger partial charge >= 0.3 is 0 Å². The van der Waals surface area contributed by atoms with Crippen molar-refractivity contribution in [1.82, 2.24) is 10.6 Å². The second-order valence-electron chi connectivity index (χ2n) is 5.00.